The quantitative estimate of drug-likeness (QED) is 0.781. The van der Waals surface area contributed by atoms with Gasteiger partial charge in [-0.05, 0) is 53.1 Å². The van der Waals surface area contributed by atoms with E-state index in [0.717, 1.165) is 11.3 Å². The number of rotatable bonds is 4. The van der Waals surface area contributed by atoms with Gasteiger partial charge < -0.3 is 5.11 Å². The first-order valence-electron chi connectivity index (χ1n) is 8.05. The molecule has 1 N–H and O–H groups in total. The summed E-state index contributed by atoms with van der Waals surface area (Å²) in [5.41, 5.74) is 5.01. The number of nitrogens with zero attached hydrogens (tertiary/aromatic N) is 2. The molecule has 0 amide bonds. The van der Waals surface area contributed by atoms with Gasteiger partial charge in [0.1, 0.15) is 0 Å². The maximum absolute atomic E-state index is 10.9. The Kier molecular flexibility index (Phi) is 3.27. The van der Waals surface area contributed by atoms with Gasteiger partial charge in [0.2, 0.25) is 0 Å². The fraction of sp³-hybridized carbons (Fsp3) is 0.200. The molecule has 3 aromatic rings. The molecule has 0 bridgehead atoms. The van der Waals surface area contributed by atoms with E-state index >= 15 is 0 Å². The van der Waals surface area contributed by atoms with Crippen molar-refractivity contribution in [1.82, 2.24) is 9.78 Å². The van der Waals surface area contributed by atoms with Gasteiger partial charge in [0.25, 0.3) is 0 Å². The van der Waals surface area contributed by atoms with Crippen LogP contribution in [0.4, 0.5) is 0 Å². The zero-order chi connectivity index (χ0) is 16.7. The van der Waals surface area contributed by atoms with E-state index < -0.39 is 5.97 Å². The third kappa shape index (κ3) is 2.60. The minimum atomic E-state index is -1.02. The van der Waals surface area contributed by atoms with E-state index in [4.69, 9.17) is 5.11 Å². The first kappa shape index (κ1) is 14.7. The molecule has 2 aromatic carbocycles. The van der Waals surface area contributed by atoms with Crippen LogP contribution in [0.2, 0.25) is 0 Å². The zero-order valence-corrected chi connectivity index (χ0v) is 13.4. The number of carboxylic acid groups (broad SMARTS) is 1. The molecule has 1 aliphatic rings. The smallest absolute Gasteiger partial charge is 0.356 e. The fourth-order valence-corrected chi connectivity index (χ4v) is 2.93. The Morgan fingerprint density at radius 1 is 1.00 bits per heavy atom. The zero-order valence-electron chi connectivity index (χ0n) is 13.4. The SMILES string of the molecule is CC1(c2ccc(-c3ccc(-n4ccc(C(=O)O)n4)cc3)cc2)CC1. The van der Waals surface area contributed by atoms with Gasteiger partial charge in [-0.1, -0.05) is 43.3 Å². The monoisotopic (exact) mass is 318 g/mol. The highest BCUT2D eigenvalue weighted by molar-refractivity contribution is 5.85. The van der Waals surface area contributed by atoms with Crippen LogP contribution in [0.25, 0.3) is 16.8 Å². The van der Waals surface area contributed by atoms with E-state index in [1.54, 1.807) is 10.9 Å². The molecule has 0 saturated heterocycles. The van der Waals surface area contributed by atoms with Crippen LogP contribution in [0.5, 0.6) is 0 Å². The number of carbonyl (C=O) groups is 1. The Morgan fingerprint density at radius 2 is 1.58 bits per heavy atom. The van der Waals surface area contributed by atoms with Crippen molar-refractivity contribution in [1.29, 1.82) is 0 Å². The van der Waals surface area contributed by atoms with Crippen molar-refractivity contribution in [3.63, 3.8) is 0 Å². The maximum Gasteiger partial charge on any atom is 0.356 e. The van der Waals surface area contributed by atoms with Crippen LogP contribution in [0.3, 0.4) is 0 Å². The lowest BCUT2D eigenvalue weighted by Gasteiger charge is -2.10. The highest BCUT2D eigenvalue weighted by Crippen LogP contribution is 2.47. The van der Waals surface area contributed by atoms with Crippen molar-refractivity contribution >= 4 is 5.97 Å². The first-order valence-corrected chi connectivity index (χ1v) is 8.05. The molecule has 120 valence electrons. The van der Waals surface area contributed by atoms with Gasteiger partial charge in [-0.25, -0.2) is 9.48 Å². The molecular formula is C20H18N2O2. The minimum Gasteiger partial charge on any atom is -0.476 e. The summed E-state index contributed by atoms with van der Waals surface area (Å²) in [6.45, 7) is 2.31. The molecule has 0 aliphatic heterocycles. The van der Waals surface area contributed by atoms with Gasteiger partial charge in [0.15, 0.2) is 5.69 Å². The summed E-state index contributed by atoms with van der Waals surface area (Å²) >= 11 is 0. The van der Waals surface area contributed by atoms with Crippen molar-refractivity contribution in [2.24, 2.45) is 0 Å². The molecule has 24 heavy (non-hydrogen) atoms. The Morgan fingerprint density at radius 3 is 2.08 bits per heavy atom. The fourth-order valence-electron chi connectivity index (χ4n) is 2.93. The van der Waals surface area contributed by atoms with Crippen LogP contribution in [0.15, 0.2) is 60.8 Å². The normalized spacial score (nSPS) is 15.2. The second-order valence-corrected chi connectivity index (χ2v) is 6.64. The Balaban J connectivity index is 1.57. The topological polar surface area (TPSA) is 55.1 Å². The van der Waals surface area contributed by atoms with Crippen molar-refractivity contribution in [3.8, 4) is 16.8 Å². The van der Waals surface area contributed by atoms with Crippen LogP contribution in [-0.2, 0) is 5.41 Å². The summed E-state index contributed by atoms with van der Waals surface area (Å²) in [6, 6.07) is 18.2. The molecule has 0 spiro atoms. The van der Waals surface area contributed by atoms with Gasteiger partial charge >= 0.3 is 5.97 Å². The van der Waals surface area contributed by atoms with Gasteiger partial charge in [0, 0.05) is 6.20 Å². The number of hydrogen-bond donors (Lipinski definition) is 1. The lowest BCUT2D eigenvalue weighted by atomic mass is 9.95. The van der Waals surface area contributed by atoms with Crippen LogP contribution in [0, 0.1) is 0 Å². The number of aromatic nitrogens is 2. The molecule has 0 unspecified atom stereocenters. The summed E-state index contributed by atoms with van der Waals surface area (Å²) in [5.74, 6) is -1.02. The van der Waals surface area contributed by atoms with Gasteiger partial charge in [0.05, 0.1) is 5.69 Å². The molecule has 1 heterocycles. The second-order valence-electron chi connectivity index (χ2n) is 6.64. The van der Waals surface area contributed by atoms with E-state index in [9.17, 15) is 4.79 Å². The summed E-state index contributed by atoms with van der Waals surface area (Å²) < 4.78 is 1.57. The molecule has 0 atom stereocenters. The third-order valence-electron chi connectivity index (χ3n) is 4.86. The molecule has 4 rings (SSSR count). The van der Waals surface area contributed by atoms with Crippen molar-refractivity contribution in [2.75, 3.05) is 0 Å². The molecule has 1 aliphatic carbocycles. The van der Waals surface area contributed by atoms with Crippen molar-refractivity contribution in [2.45, 2.75) is 25.2 Å². The summed E-state index contributed by atoms with van der Waals surface area (Å²) in [7, 11) is 0. The van der Waals surface area contributed by atoms with Crippen LogP contribution in [-0.4, -0.2) is 20.9 Å². The predicted molar refractivity (Wildman–Crippen MR) is 92.5 cm³/mol. The van der Waals surface area contributed by atoms with Gasteiger partial charge in [-0.2, -0.15) is 5.10 Å². The Hall–Kier alpha value is -2.88. The molecule has 0 radical (unpaired) electrons. The average molecular weight is 318 g/mol. The average Bonchev–Trinajstić information content (AvgIpc) is 3.16. The minimum absolute atomic E-state index is 0.0447. The second kappa shape index (κ2) is 5.34. The first-order chi connectivity index (χ1) is 11.5. The predicted octanol–water partition coefficient (Wildman–Crippen LogP) is 4.29. The van der Waals surface area contributed by atoms with Crippen molar-refractivity contribution < 1.29 is 9.90 Å². The van der Waals surface area contributed by atoms with E-state index in [-0.39, 0.29) is 5.69 Å². The lowest BCUT2D eigenvalue weighted by Crippen LogP contribution is -2.00. The molecule has 4 nitrogen and oxygen atoms in total. The Labute approximate surface area is 140 Å². The van der Waals surface area contributed by atoms with E-state index in [2.05, 4.69) is 36.3 Å². The third-order valence-corrected chi connectivity index (χ3v) is 4.86. The highest BCUT2D eigenvalue weighted by atomic mass is 16.4. The van der Waals surface area contributed by atoms with Crippen LogP contribution in [0.1, 0.15) is 35.8 Å². The lowest BCUT2D eigenvalue weighted by molar-refractivity contribution is 0.0690. The number of carboxylic acids is 1. The Bertz CT molecular complexity index is 888. The largest absolute Gasteiger partial charge is 0.476 e. The standard InChI is InChI=1S/C20H18N2O2/c1-20(11-12-20)16-6-2-14(3-7-16)15-4-8-17(9-5-15)22-13-10-18(21-22)19(23)24/h2-10,13H,11-12H2,1H3,(H,23,24). The van der Waals surface area contributed by atoms with Gasteiger partial charge in [-0.3, -0.25) is 0 Å². The maximum atomic E-state index is 10.9. The summed E-state index contributed by atoms with van der Waals surface area (Å²) in [4.78, 5) is 10.9. The van der Waals surface area contributed by atoms with Crippen LogP contribution < -0.4 is 0 Å². The summed E-state index contributed by atoms with van der Waals surface area (Å²) in [6.07, 6.45) is 4.22. The number of benzene rings is 2. The highest BCUT2D eigenvalue weighted by Gasteiger charge is 2.38. The van der Waals surface area contributed by atoms with Crippen molar-refractivity contribution in [3.05, 3.63) is 72.1 Å². The molecule has 1 saturated carbocycles. The number of aromatic carboxylic acids is 1. The molecule has 4 heteroatoms. The van der Waals surface area contributed by atoms with Gasteiger partial charge in [-0.15, -0.1) is 0 Å². The van der Waals surface area contributed by atoms with Crippen LogP contribution >= 0.6 is 0 Å². The summed E-state index contributed by atoms with van der Waals surface area (Å²) in [5, 5.41) is 13.0. The molecular weight excluding hydrogens is 300 g/mol. The molecule has 1 aromatic heterocycles. The van der Waals surface area contributed by atoms with E-state index in [1.165, 1.54) is 30.0 Å². The number of hydrogen-bond acceptors (Lipinski definition) is 2. The van der Waals surface area contributed by atoms with E-state index in [1.807, 2.05) is 24.3 Å². The van der Waals surface area contributed by atoms with E-state index in [0.29, 0.717) is 5.41 Å². The molecule has 1 fully saturated rings.